The molecule has 0 radical (unpaired) electrons. The lowest BCUT2D eigenvalue weighted by Crippen LogP contribution is -2.46. The number of nitrogen functional groups attached to an aromatic ring is 1. The predicted octanol–water partition coefficient (Wildman–Crippen LogP) is 1.09. The molecule has 0 saturated carbocycles. The Morgan fingerprint density at radius 2 is 1.85 bits per heavy atom. The van der Waals surface area contributed by atoms with Crippen molar-refractivity contribution in [2.24, 2.45) is 0 Å². The molecule has 2 heterocycles. The van der Waals surface area contributed by atoms with Crippen molar-refractivity contribution in [3.8, 4) is 0 Å². The van der Waals surface area contributed by atoms with Crippen molar-refractivity contribution in [3.63, 3.8) is 0 Å². The smallest absolute Gasteiger partial charge is 0.330 e. The number of aromatic amines is 1. The van der Waals surface area contributed by atoms with Gasteiger partial charge in [0.05, 0.1) is 19.7 Å². The molecule has 0 aliphatic carbocycles. The largest absolute Gasteiger partial charge is 0.383 e. The summed E-state index contributed by atoms with van der Waals surface area (Å²) in [5.74, 6) is -0.638. The van der Waals surface area contributed by atoms with E-state index in [0.29, 0.717) is 13.0 Å². The normalized spacial score (nSPS) is 14.6. The van der Waals surface area contributed by atoms with E-state index in [2.05, 4.69) is 4.98 Å². The van der Waals surface area contributed by atoms with Crippen molar-refractivity contribution < 1.29 is 14.3 Å². The first kappa shape index (κ1) is 24.2. The van der Waals surface area contributed by atoms with Gasteiger partial charge < -0.3 is 15.4 Å². The third-order valence-corrected chi connectivity index (χ3v) is 5.74. The van der Waals surface area contributed by atoms with Gasteiger partial charge in [0.2, 0.25) is 11.8 Å². The van der Waals surface area contributed by atoms with Crippen molar-refractivity contribution in [2.75, 3.05) is 37.4 Å². The fourth-order valence-electron chi connectivity index (χ4n) is 3.93. The number of H-pyrrole nitrogens is 1. The van der Waals surface area contributed by atoms with Crippen LogP contribution in [0.1, 0.15) is 37.7 Å². The van der Waals surface area contributed by atoms with Crippen LogP contribution < -0.4 is 21.9 Å². The number of anilines is 2. The van der Waals surface area contributed by atoms with E-state index in [9.17, 15) is 19.2 Å². The summed E-state index contributed by atoms with van der Waals surface area (Å²) in [7, 11) is 1.49. The summed E-state index contributed by atoms with van der Waals surface area (Å²) in [5, 5.41) is 0. The van der Waals surface area contributed by atoms with E-state index in [0.717, 1.165) is 31.2 Å². The first-order valence-corrected chi connectivity index (χ1v) is 11.2. The lowest BCUT2D eigenvalue weighted by molar-refractivity contribution is -0.135. The number of benzene rings is 1. The molecule has 0 bridgehead atoms. The lowest BCUT2D eigenvalue weighted by atomic mass is 10.1. The van der Waals surface area contributed by atoms with Crippen LogP contribution in [-0.2, 0) is 27.4 Å². The van der Waals surface area contributed by atoms with E-state index in [1.54, 1.807) is 4.90 Å². The highest BCUT2D eigenvalue weighted by Gasteiger charge is 2.27. The standard InChI is InChI=1S/C23H31N5O5/c1-33-14-13-27-21(24)20(22(31)25-23(27)32)28(15-17-9-5-4-6-10-17)19(30)16-26-12-8-3-2-7-11-18(26)29/h4-6,9-10H,2-3,7-8,11-16,24H2,1H3,(H,25,31,32). The van der Waals surface area contributed by atoms with E-state index >= 15 is 0 Å². The van der Waals surface area contributed by atoms with Gasteiger partial charge in [-0.3, -0.25) is 28.8 Å². The first-order chi connectivity index (χ1) is 15.9. The summed E-state index contributed by atoms with van der Waals surface area (Å²) in [6.07, 6.45) is 4.03. The van der Waals surface area contributed by atoms with E-state index in [4.69, 9.17) is 10.5 Å². The highest BCUT2D eigenvalue weighted by atomic mass is 16.5. The van der Waals surface area contributed by atoms with Gasteiger partial charge in [0.15, 0.2) is 5.69 Å². The van der Waals surface area contributed by atoms with Gasteiger partial charge in [-0.25, -0.2) is 4.79 Å². The minimum absolute atomic E-state index is 0.0669. The molecule has 3 rings (SSSR count). The summed E-state index contributed by atoms with van der Waals surface area (Å²) in [6.45, 7) is 0.704. The van der Waals surface area contributed by atoms with Crippen molar-refractivity contribution in [1.82, 2.24) is 14.5 Å². The van der Waals surface area contributed by atoms with Crippen molar-refractivity contribution in [1.29, 1.82) is 0 Å². The monoisotopic (exact) mass is 457 g/mol. The second-order valence-electron chi connectivity index (χ2n) is 8.08. The van der Waals surface area contributed by atoms with E-state index in [1.807, 2.05) is 30.3 Å². The zero-order chi connectivity index (χ0) is 23.8. The third kappa shape index (κ3) is 6.10. The Bertz CT molecular complexity index is 1080. The second kappa shape index (κ2) is 11.5. The van der Waals surface area contributed by atoms with E-state index in [-0.39, 0.29) is 43.7 Å². The first-order valence-electron chi connectivity index (χ1n) is 11.2. The van der Waals surface area contributed by atoms with Gasteiger partial charge in [0.1, 0.15) is 12.4 Å². The zero-order valence-electron chi connectivity index (χ0n) is 18.9. The van der Waals surface area contributed by atoms with Crippen LogP contribution in [0.15, 0.2) is 39.9 Å². The number of nitrogens with one attached hydrogen (secondary N) is 1. The molecule has 1 aliphatic rings. The van der Waals surface area contributed by atoms with Crippen LogP contribution in [0.5, 0.6) is 0 Å². The molecule has 178 valence electrons. The predicted molar refractivity (Wildman–Crippen MR) is 125 cm³/mol. The molecule has 0 atom stereocenters. The maximum atomic E-state index is 13.5. The van der Waals surface area contributed by atoms with Crippen LogP contribution in [0.4, 0.5) is 11.5 Å². The lowest BCUT2D eigenvalue weighted by Gasteiger charge is -2.29. The molecule has 1 fully saturated rings. The number of hydrogen-bond acceptors (Lipinski definition) is 6. The summed E-state index contributed by atoms with van der Waals surface area (Å²) >= 11 is 0. The number of carbonyl (C=O) groups excluding carboxylic acids is 2. The highest BCUT2D eigenvalue weighted by molar-refractivity contribution is 5.98. The van der Waals surface area contributed by atoms with Crippen LogP contribution in [0.2, 0.25) is 0 Å². The summed E-state index contributed by atoms with van der Waals surface area (Å²) in [5.41, 5.74) is 5.47. The highest BCUT2D eigenvalue weighted by Crippen LogP contribution is 2.21. The number of nitrogens with zero attached hydrogens (tertiary/aromatic N) is 3. The summed E-state index contributed by atoms with van der Waals surface area (Å²) in [4.78, 5) is 56.3. The number of hydrogen-bond donors (Lipinski definition) is 2. The summed E-state index contributed by atoms with van der Waals surface area (Å²) < 4.78 is 6.21. The van der Waals surface area contributed by atoms with Crippen molar-refractivity contribution in [2.45, 2.75) is 45.2 Å². The molecule has 0 spiro atoms. The van der Waals surface area contributed by atoms with Crippen molar-refractivity contribution in [3.05, 3.63) is 56.7 Å². The number of aromatic nitrogens is 2. The fourth-order valence-corrected chi connectivity index (χ4v) is 3.93. The van der Waals surface area contributed by atoms with Gasteiger partial charge in [-0.1, -0.05) is 43.2 Å². The Morgan fingerprint density at radius 1 is 1.12 bits per heavy atom. The van der Waals surface area contributed by atoms with Gasteiger partial charge >= 0.3 is 5.69 Å². The minimum atomic E-state index is -0.755. The Balaban J connectivity index is 1.99. The molecule has 2 amide bonds. The Labute approximate surface area is 191 Å². The third-order valence-electron chi connectivity index (χ3n) is 5.74. The Morgan fingerprint density at radius 3 is 2.58 bits per heavy atom. The number of carbonyl (C=O) groups is 2. The van der Waals surface area contributed by atoms with Crippen LogP contribution >= 0.6 is 0 Å². The van der Waals surface area contributed by atoms with Gasteiger partial charge in [-0.05, 0) is 18.4 Å². The quantitative estimate of drug-likeness (QED) is 0.610. The number of rotatable bonds is 8. The van der Waals surface area contributed by atoms with Gasteiger partial charge in [-0.15, -0.1) is 0 Å². The van der Waals surface area contributed by atoms with Crippen LogP contribution in [-0.4, -0.2) is 53.1 Å². The molecular formula is C23H31N5O5. The Hall–Kier alpha value is -3.40. The number of ether oxygens (including phenoxy) is 1. The van der Waals surface area contributed by atoms with E-state index in [1.165, 1.54) is 16.6 Å². The number of amides is 2. The zero-order valence-corrected chi connectivity index (χ0v) is 18.9. The SMILES string of the molecule is COCCn1c(N)c(N(Cc2ccccc2)C(=O)CN2CCCCCCC2=O)c(=O)[nH]c1=O. The molecule has 1 aliphatic heterocycles. The average molecular weight is 458 g/mol. The molecular weight excluding hydrogens is 426 g/mol. The maximum absolute atomic E-state index is 13.5. The summed E-state index contributed by atoms with van der Waals surface area (Å²) in [6, 6.07) is 9.15. The number of nitrogens with two attached hydrogens (primary N) is 1. The molecule has 10 heteroatoms. The van der Waals surface area contributed by atoms with Crippen LogP contribution in [0.3, 0.4) is 0 Å². The maximum Gasteiger partial charge on any atom is 0.330 e. The Kier molecular flexibility index (Phi) is 8.42. The van der Waals surface area contributed by atoms with Crippen molar-refractivity contribution >= 4 is 23.3 Å². The number of methoxy groups -OCH3 is 1. The molecule has 3 N–H and O–H groups in total. The second-order valence-corrected chi connectivity index (χ2v) is 8.08. The topological polar surface area (TPSA) is 131 Å². The van der Waals surface area contributed by atoms with Gasteiger partial charge in [-0.2, -0.15) is 0 Å². The van der Waals surface area contributed by atoms with Gasteiger partial charge in [0.25, 0.3) is 5.56 Å². The molecule has 2 aromatic rings. The average Bonchev–Trinajstić information content (AvgIpc) is 2.78. The molecule has 1 saturated heterocycles. The van der Waals surface area contributed by atoms with Crippen LogP contribution in [0.25, 0.3) is 0 Å². The number of likely N-dealkylation sites (tertiary alicyclic amines) is 1. The van der Waals surface area contributed by atoms with Crippen LogP contribution in [0, 0.1) is 0 Å². The minimum Gasteiger partial charge on any atom is -0.383 e. The molecule has 10 nitrogen and oxygen atoms in total. The molecule has 0 unspecified atom stereocenters. The van der Waals surface area contributed by atoms with Gasteiger partial charge in [0, 0.05) is 20.1 Å². The fraction of sp³-hybridized carbons (Fsp3) is 0.478. The molecule has 33 heavy (non-hydrogen) atoms. The molecule has 1 aromatic carbocycles. The van der Waals surface area contributed by atoms with E-state index < -0.39 is 17.2 Å². The molecule has 1 aromatic heterocycles.